The van der Waals surface area contributed by atoms with Gasteiger partial charge in [-0.3, -0.25) is 4.90 Å². The summed E-state index contributed by atoms with van der Waals surface area (Å²) in [7, 11) is 2.23. The highest BCUT2D eigenvalue weighted by Crippen LogP contribution is 2.55. The number of likely N-dealkylation sites (tertiary alicyclic amines) is 1. The zero-order chi connectivity index (χ0) is 15.3. The van der Waals surface area contributed by atoms with Crippen molar-refractivity contribution in [2.45, 2.75) is 31.7 Å². The van der Waals surface area contributed by atoms with Gasteiger partial charge in [-0.25, -0.2) is 0 Å². The van der Waals surface area contributed by atoms with E-state index in [1.807, 2.05) is 12.1 Å². The normalized spacial score (nSPS) is 27.5. The minimum atomic E-state index is 0.391. The van der Waals surface area contributed by atoms with E-state index in [1.165, 1.54) is 35.1 Å². The maximum Gasteiger partial charge on any atom is 0.115 e. The predicted molar refractivity (Wildman–Crippen MR) is 89.2 cm³/mol. The summed E-state index contributed by atoms with van der Waals surface area (Å²) in [5, 5.41) is 9.97. The number of rotatable bonds is 1. The first-order valence-corrected chi connectivity index (χ1v) is 8.25. The largest absolute Gasteiger partial charge is 0.508 e. The molecule has 0 aromatic heterocycles. The van der Waals surface area contributed by atoms with Crippen molar-refractivity contribution >= 4 is 0 Å². The third-order valence-corrected chi connectivity index (χ3v) is 5.60. The summed E-state index contributed by atoms with van der Waals surface area (Å²) in [5.74, 6) is 1.48. The van der Waals surface area contributed by atoms with Crippen LogP contribution in [0, 0.1) is 12.8 Å². The van der Waals surface area contributed by atoms with Gasteiger partial charge in [-0.1, -0.05) is 30.3 Å². The van der Waals surface area contributed by atoms with Crippen LogP contribution in [0.2, 0.25) is 0 Å². The highest BCUT2D eigenvalue weighted by molar-refractivity contribution is 5.50. The minimum absolute atomic E-state index is 0.391. The summed E-state index contributed by atoms with van der Waals surface area (Å²) in [6.07, 6.45) is 2.53. The van der Waals surface area contributed by atoms with Gasteiger partial charge in [0.2, 0.25) is 0 Å². The Balaban J connectivity index is 1.90. The quantitative estimate of drug-likeness (QED) is 0.850. The van der Waals surface area contributed by atoms with E-state index in [9.17, 15) is 5.11 Å². The first kappa shape index (κ1) is 13.8. The number of benzene rings is 2. The molecular weight excluding hydrogens is 270 g/mol. The Morgan fingerprint density at radius 2 is 1.86 bits per heavy atom. The smallest absolute Gasteiger partial charge is 0.115 e. The standard InChI is InChI=1S/C20H23NO/c1-13-6-3-4-7-15(13)19-16-10-9-14(22)12-18(16)20-17(19)8-5-11-21(20)2/h3-4,6-7,9-10,12,17,19-20,22H,5,8,11H2,1-2H3. The molecule has 1 fully saturated rings. The zero-order valence-electron chi connectivity index (χ0n) is 13.3. The van der Waals surface area contributed by atoms with E-state index in [2.05, 4.69) is 49.2 Å². The summed E-state index contributed by atoms with van der Waals surface area (Å²) in [6, 6.07) is 15.2. The number of piperidine rings is 1. The highest BCUT2D eigenvalue weighted by atomic mass is 16.3. The van der Waals surface area contributed by atoms with Crippen molar-refractivity contribution in [1.82, 2.24) is 4.90 Å². The van der Waals surface area contributed by atoms with Crippen LogP contribution < -0.4 is 0 Å². The number of aromatic hydroxyl groups is 1. The van der Waals surface area contributed by atoms with Crippen LogP contribution in [0.4, 0.5) is 0 Å². The van der Waals surface area contributed by atoms with E-state index in [-0.39, 0.29) is 0 Å². The predicted octanol–water partition coefficient (Wildman–Crippen LogP) is 4.23. The van der Waals surface area contributed by atoms with E-state index >= 15 is 0 Å². The van der Waals surface area contributed by atoms with Crippen molar-refractivity contribution in [2.75, 3.05) is 13.6 Å². The Labute approximate surface area is 132 Å². The van der Waals surface area contributed by atoms with Crippen LogP contribution in [0.15, 0.2) is 42.5 Å². The Kier molecular flexibility index (Phi) is 3.23. The first-order valence-electron chi connectivity index (χ1n) is 8.25. The molecule has 2 aromatic carbocycles. The molecule has 4 rings (SSSR count). The highest BCUT2D eigenvalue weighted by Gasteiger charge is 2.45. The van der Waals surface area contributed by atoms with Crippen LogP contribution in [0.1, 0.15) is 47.1 Å². The lowest BCUT2D eigenvalue weighted by Gasteiger charge is -2.37. The van der Waals surface area contributed by atoms with Crippen LogP contribution >= 0.6 is 0 Å². The van der Waals surface area contributed by atoms with Gasteiger partial charge in [-0.2, -0.15) is 0 Å². The fraction of sp³-hybridized carbons (Fsp3) is 0.400. The van der Waals surface area contributed by atoms with Crippen LogP contribution in [0.25, 0.3) is 0 Å². The lowest BCUT2D eigenvalue weighted by atomic mass is 9.79. The molecule has 1 aliphatic carbocycles. The molecule has 22 heavy (non-hydrogen) atoms. The second-order valence-electron chi connectivity index (χ2n) is 6.88. The molecule has 0 bridgehead atoms. The molecule has 0 amide bonds. The van der Waals surface area contributed by atoms with Gasteiger partial charge in [0.15, 0.2) is 0 Å². The van der Waals surface area contributed by atoms with E-state index < -0.39 is 0 Å². The van der Waals surface area contributed by atoms with E-state index in [0.29, 0.717) is 23.6 Å². The number of aryl methyl sites for hydroxylation is 1. The van der Waals surface area contributed by atoms with E-state index in [1.54, 1.807) is 0 Å². The number of nitrogens with zero attached hydrogens (tertiary/aromatic N) is 1. The van der Waals surface area contributed by atoms with Crippen LogP contribution in [0.5, 0.6) is 5.75 Å². The van der Waals surface area contributed by atoms with Gasteiger partial charge >= 0.3 is 0 Å². The molecule has 0 spiro atoms. The number of phenolic OH excluding ortho intramolecular Hbond substituents is 1. The van der Waals surface area contributed by atoms with Gasteiger partial charge in [-0.15, -0.1) is 0 Å². The van der Waals surface area contributed by atoms with Gasteiger partial charge in [0, 0.05) is 12.0 Å². The Bertz CT molecular complexity index is 709. The number of hydrogen-bond donors (Lipinski definition) is 1. The second-order valence-corrected chi connectivity index (χ2v) is 6.88. The van der Waals surface area contributed by atoms with Crippen molar-refractivity contribution in [3.8, 4) is 5.75 Å². The monoisotopic (exact) mass is 293 g/mol. The van der Waals surface area contributed by atoms with Crippen molar-refractivity contribution in [2.24, 2.45) is 5.92 Å². The fourth-order valence-corrected chi connectivity index (χ4v) is 4.68. The lowest BCUT2D eigenvalue weighted by molar-refractivity contribution is 0.126. The molecule has 1 saturated heterocycles. The maximum atomic E-state index is 9.97. The molecule has 0 saturated carbocycles. The van der Waals surface area contributed by atoms with Crippen LogP contribution in [-0.4, -0.2) is 23.6 Å². The second kappa shape index (κ2) is 5.13. The van der Waals surface area contributed by atoms with E-state index in [0.717, 1.165) is 6.54 Å². The molecule has 3 unspecified atom stereocenters. The van der Waals surface area contributed by atoms with Gasteiger partial charge in [0.05, 0.1) is 0 Å². The molecular formula is C20H23NO. The molecule has 1 aliphatic heterocycles. The molecule has 3 atom stereocenters. The number of fused-ring (bicyclic) bond motifs is 3. The lowest BCUT2D eigenvalue weighted by Crippen LogP contribution is -2.34. The van der Waals surface area contributed by atoms with Crippen LogP contribution in [0.3, 0.4) is 0 Å². The van der Waals surface area contributed by atoms with Crippen molar-refractivity contribution in [3.63, 3.8) is 0 Å². The minimum Gasteiger partial charge on any atom is -0.508 e. The van der Waals surface area contributed by atoms with Gasteiger partial charge in [0.25, 0.3) is 0 Å². The molecule has 2 heteroatoms. The van der Waals surface area contributed by atoms with Gasteiger partial charge in [-0.05, 0) is 73.7 Å². The summed E-state index contributed by atoms with van der Waals surface area (Å²) >= 11 is 0. The first-order chi connectivity index (χ1) is 10.7. The molecule has 0 radical (unpaired) electrons. The molecule has 1 N–H and O–H groups in total. The Hall–Kier alpha value is -1.80. The molecule has 1 heterocycles. The Morgan fingerprint density at radius 1 is 1.05 bits per heavy atom. The molecule has 114 valence electrons. The number of hydrogen-bond acceptors (Lipinski definition) is 2. The topological polar surface area (TPSA) is 23.5 Å². The molecule has 2 aromatic rings. The summed E-state index contributed by atoms with van der Waals surface area (Å²) < 4.78 is 0. The fourth-order valence-electron chi connectivity index (χ4n) is 4.68. The van der Waals surface area contributed by atoms with Crippen molar-refractivity contribution in [3.05, 3.63) is 64.7 Å². The molecule has 2 nitrogen and oxygen atoms in total. The zero-order valence-corrected chi connectivity index (χ0v) is 13.3. The summed E-state index contributed by atoms with van der Waals surface area (Å²) in [4.78, 5) is 2.48. The van der Waals surface area contributed by atoms with Gasteiger partial charge < -0.3 is 5.11 Å². The van der Waals surface area contributed by atoms with Gasteiger partial charge in [0.1, 0.15) is 5.75 Å². The van der Waals surface area contributed by atoms with Crippen molar-refractivity contribution in [1.29, 1.82) is 0 Å². The average Bonchev–Trinajstić information content (AvgIpc) is 2.82. The summed E-state index contributed by atoms with van der Waals surface area (Å²) in [5.41, 5.74) is 5.58. The maximum absolute atomic E-state index is 9.97. The third kappa shape index (κ3) is 1.98. The third-order valence-electron chi connectivity index (χ3n) is 5.60. The SMILES string of the molecule is Cc1ccccc1C1c2ccc(O)cc2C2C1CCCN2C. The Morgan fingerprint density at radius 3 is 2.68 bits per heavy atom. The number of phenols is 1. The van der Waals surface area contributed by atoms with Crippen LogP contribution in [-0.2, 0) is 0 Å². The molecule has 2 aliphatic rings. The summed E-state index contributed by atoms with van der Waals surface area (Å²) in [6.45, 7) is 3.37. The van der Waals surface area contributed by atoms with E-state index in [4.69, 9.17) is 0 Å². The average molecular weight is 293 g/mol. The van der Waals surface area contributed by atoms with Crippen molar-refractivity contribution < 1.29 is 5.11 Å².